The van der Waals surface area contributed by atoms with Crippen LogP contribution in [-0.2, 0) is 5.88 Å². The van der Waals surface area contributed by atoms with Gasteiger partial charge >= 0.3 is 0 Å². The predicted molar refractivity (Wildman–Crippen MR) is 68.4 cm³/mol. The topological polar surface area (TPSA) is 9.23 Å². The lowest BCUT2D eigenvalue weighted by atomic mass is 9.87. The minimum absolute atomic E-state index is 0.0156. The number of ether oxygens (including phenoxy) is 1. The molecular formula is C14H17ClF2O. The first kappa shape index (κ1) is 13.6. The largest absolute Gasteiger partial charge is 0.493 e. The fourth-order valence-corrected chi connectivity index (χ4v) is 2.60. The zero-order chi connectivity index (χ0) is 13.0. The Morgan fingerprint density at radius 1 is 1.33 bits per heavy atom. The molecule has 0 bridgehead atoms. The molecule has 0 aliphatic heterocycles. The smallest absolute Gasteiger partial charge is 0.248 e. The van der Waals surface area contributed by atoms with Crippen LogP contribution in [0.5, 0.6) is 5.75 Å². The molecule has 4 heteroatoms. The molecule has 18 heavy (non-hydrogen) atoms. The quantitative estimate of drug-likeness (QED) is 0.728. The highest BCUT2D eigenvalue weighted by Crippen LogP contribution is 2.37. The highest BCUT2D eigenvalue weighted by atomic mass is 35.5. The molecule has 1 aromatic rings. The van der Waals surface area contributed by atoms with Gasteiger partial charge in [-0.15, -0.1) is 11.6 Å². The number of benzene rings is 1. The Labute approximate surface area is 111 Å². The molecule has 1 aromatic carbocycles. The lowest BCUT2D eigenvalue weighted by Crippen LogP contribution is -2.29. The Bertz CT molecular complexity index is 395. The van der Waals surface area contributed by atoms with E-state index in [9.17, 15) is 8.78 Å². The minimum atomic E-state index is -2.52. The Balaban J connectivity index is 1.91. The number of alkyl halides is 3. The van der Waals surface area contributed by atoms with Gasteiger partial charge in [0.05, 0.1) is 12.5 Å². The van der Waals surface area contributed by atoms with Gasteiger partial charge in [0.2, 0.25) is 5.92 Å². The first-order valence-corrected chi connectivity index (χ1v) is 6.79. The van der Waals surface area contributed by atoms with Gasteiger partial charge < -0.3 is 4.74 Å². The average Bonchev–Trinajstić information content (AvgIpc) is 2.35. The van der Waals surface area contributed by atoms with Crippen molar-refractivity contribution in [3.05, 3.63) is 29.8 Å². The summed E-state index contributed by atoms with van der Waals surface area (Å²) in [5, 5.41) is 0. The SMILES string of the molecule is FC1(F)CCCC(COc2ccccc2CCl)C1. The van der Waals surface area contributed by atoms with Crippen molar-refractivity contribution in [2.45, 2.75) is 37.5 Å². The molecule has 0 spiro atoms. The summed E-state index contributed by atoms with van der Waals surface area (Å²) in [5.74, 6) is -1.49. The molecule has 100 valence electrons. The highest BCUT2D eigenvalue weighted by molar-refractivity contribution is 6.17. The van der Waals surface area contributed by atoms with Crippen LogP contribution in [0.15, 0.2) is 24.3 Å². The summed E-state index contributed by atoms with van der Waals surface area (Å²) in [7, 11) is 0. The second kappa shape index (κ2) is 5.87. The van der Waals surface area contributed by atoms with Gasteiger partial charge in [-0.1, -0.05) is 18.2 Å². The second-order valence-electron chi connectivity index (χ2n) is 4.87. The summed E-state index contributed by atoms with van der Waals surface area (Å²) in [6.07, 6.45) is 1.36. The van der Waals surface area contributed by atoms with Gasteiger partial charge in [-0.2, -0.15) is 0 Å². The van der Waals surface area contributed by atoms with E-state index in [4.69, 9.17) is 16.3 Å². The van der Waals surface area contributed by atoms with Crippen molar-refractivity contribution >= 4 is 11.6 Å². The first-order chi connectivity index (χ1) is 8.61. The third-order valence-corrected chi connectivity index (χ3v) is 3.62. The van der Waals surface area contributed by atoms with Crippen molar-refractivity contribution in [2.75, 3.05) is 6.61 Å². The molecule has 1 fully saturated rings. The molecule has 2 rings (SSSR count). The fourth-order valence-electron chi connectivity index (χ4n) is 2.38. The maximum Gasteiger partial charge on any atom is 0.248 e. The van der Waals surface area contributed by atoms with Gasteiger partial charge in [0.1, 0.15) is 5.75 Å². The van der Waals surface area contributed by atoms with Gasteiger partial charge in [-0.25, -0.2) is 8.78 Å². The van der Waals surface area contributed by atoms with Crippen molar-refractivity contribution in [1.29, 1.82) is 0 Å². The summed E-state index contributed by atoms with van der Waals surface area (Å²) in [6, 6.07) is 7.47. The molecule has 1 unspecified atom stereocenters. The van der Waals surface area contributed by atoms with E-state index in [-0.39, 0.29) is 18.8 Å². The summed E-state index contributed by atoms with van der Waals surface area (Å²) < 4.78 is 32.1. The van der Waals surface area contributed by atoms with Crippen molar-refractivity contribution in [1.82, 2.24) is 0 Å². The zero-order valence-electron chi connectivity index (χ0n) is 10.2. The molecule has 0 amide bonds. The monoisotopic (exact) mass is 274 g/mol. The predicted octanol–water partition coefficient (Wildman–Crippen LogP) is 4.63. The van der Waals surface area contributed by atoms with E-state index in [1.54, 1.807) is 0 Å². The number of hydrogen-bond donors (Lipinski definition) is 0. The zero-order valence-corrected chi connectivity index (χ0v) is 10.9. The molecular weight excluding hydrogens is 258 g/mol. The summed E-state index contributed by atoms with van der Waals surface area (Å²) in [6.45, 7) is 0.351. The van der Waals surface area contributed by atoms with Crippen LogP contribution in [0.3, 0.4) is 0 Å². The lowest BCUT2D eigenvalue weighted by Gasteiger charge is -2.28. The Kier molecular flexibility index (Phi) is 4.44. The van der Waals surface area contributed by atoms with Crippen molar-refractivity contribution in [3.8, 4) is 5.75 Å². The van der Waals surface area contributed by atoms with E-state index in [2.05, 4.69) is 0 Å². The van der Waals surface area contributed by atoms with Crippen molar-refractivity contribution in [3.63, 3.8) is 0 Å². The molecule has 0 saturated heterocycles. The van der Waals surface area contributed by atoms with Crippen LogP contribution >= 0.6 is 11.6 Å². The molecule has 1 aliphatic carbocycles. The van der Waals surface area contributed by atoms with Crippen LogP contribution in [0, 0.1) is 5.92 Å². The van der Waals surface area contributed by atoms with Crippen LogP contribution in [0.2, 0.25) is 0 Å². The van der Waals surface area contributed by atoms with Gasteiger partial charge in [-0.3, -0.25) is 0 Å². The van der Waals surface area contributed by atoms with Crippen LogP contribution in [0.25, 0.3) is 0 Å². The third kappa shape index (κ3) is 3.58. The fraction of sp³-hybridized carbons (Fsp3) is 0.571. The molecule has 0 aromatic heterocycles. The van der Waals surface area contributed by atoms with E-state index in [1.165, 1.54) is 0 Å². The Morgan fingerprint density at radius 3 is 2.83 bits per heavy atom. The molecule has 1 atom stereocenters. The van der Waals surface area contributed by atoms with Crippen molar-refractivity contribution in [2.24, 2.45) is 5.92 Å². The molecule has 1 saturated carbocycles. The lowest BCUT2D eigenvalue weighted by molar-refractivity contribution is -0.0585. The normalized spacial score (nSPS) is 22.7. The number of para-hydroxylation sites is 1. The van der Waals surface area contributed by atoms with Crippen molar-refractivity contribution < 1.29 is 13.5 Å². The van der Waals surface area contributed by atoms with Gasteiger partial charge in [0, 0.05) is 18.4 Å². The first-order valence-electron chi connectivity index (χ1n) is 6.25. The van der Waals surface area contributed by atoms with Gasteiger partial charge in [0.15, 0.2) is 0 Å². The Morgan fingerprint density at radius 2 is 2.11 bits per heavy atom. The molecule has 0 N–H and O–H groups in total. The third-order valence-electron chi connectivity index (χ3n) is 3.33. The minimum Gasteiger partial charge on any atom is -0.493 e. The second-order valence-corrected chi connectivity index (χ2v) is 5.14. The van der Waals surface area contributed by atoms with Crippen LogP contribution in [0.1, 0.15) is 31.2 Å². The molecule has 1 aliphatic rings. The number of hydrogen-bond acceptors (Lipinski definition) is 1. The maximum absolute atomic E-state index is 13.2. The van der Waals surface area contributed by atoms with Crippen LogP contribution < -0.4 is 4.74 Å². The summed E-state index contributed by atoms with van der Waals surface area (Å²) in [5.41, 5.74) is 0.904. The Hall–Kier alpha value is -0.830. The molecule has 1 nitrogen and oxygen atoms in total. The standard InChI is InChI=1S/C14H17ClF2O/c15-9-12-5-1-2-6-13(12)18-10-11-4-3-7-14(16,17)8-11/h1-2,5-6,11H,3-4,7-10H2. The number of rotatable bonds is 4. The van der Waals surface area contributed by atoms with E-state index in [0.717, 1.165) is 12.0 Å². The van der Waals surface area contributed by atoms with Gasteiger partial charge in [-0.05, 0) is 24.8 Å². The maximum atomic E-state index is 13.2. The summed E-state index contributed by atoms with van der Waals surface area (Å²) in [4.78, 5) is 0. The summed E-state index contributed by atoms with van der Waals surface area (Å²) >= 11 is 5.80. The van der Waals surface area contributed by atoms with Crippen LogP contribution in [-0.4, -0.2) is 12.5 Å². The number of halogens is 3. The van der Waals surface area contributed by atoms with E-state index < -0.39 is 5.92 Å². The van der Waals surface area contributed by atoms with Crippen LogP contribution in [0.4, 0.5) is 8.78 Å². The van der Waals surface area contributed by atoms with E-state index in [0.29, 0.717) is 24.7 Å². The van der Waals surface area contributed by atoms with E-state index in [1.807, 2.05) is 24.3 Å². The van der Waals surface area contributed by atoms with Gasteiger partial charge in [0.25, 0.3) is 0 Å². The molecule has 0 heterocycles. The average molecular weight is 275 g/mol. The highest BCUT2D eigenvalue weighted by Gasteiger charge is 2.36. The molecule has 0 radical (unpaired) electrons. The van der Waals surface area contributed by atoms with E-state index >= 15 is 0 Å².